The minimum atomic E-state index is -4.90. The number of H-pyrrole nitrogens is 1. The molecule has 0 amide bonds. The van der Waals surface area contributed by atoms with E-state index in [4.69, 9.17) is 11.6 Å². The van der Waals surface area contributed by atoms with E-state index in [9.17, 15) is 32.9 Å². The summed E-state index contributed by atoms with van der Waals surface area (Å²) in [5.41, 5.74) is -5.05. The Labute approximate surface area is 123 Å². The summed E-state index contributed by atoms with van der Waals surface area (Å²) in [7, 11) is 0. The fraction of sp³-hybridized carbons (Fsp3) is 0.0909. The summed E-state index contributed by atoms with van der Waals surface area (Å²) in [6, 6.07) is 3.14. The molecule has 0 aliphatic rings. The summed E-state index contributed by atoms with van der Waals surface area (Å²) >= 11 is 5.58. The average molecular weight is 336 g/mol. The largest absolute Gasteiger partial charge is 0.431 e. The van der Waals surface area contributed by atoms with E-state index < -0.39 is 33.7 Å². The smallest absolute Gasteiger partial charge is 0.303 e. The van der Waals surface area contributed by atoms with Crippen molar-refractivity contribution in [2.24, 2.45) is 0 Å². The van der Waals surface area contributed by atoms with Crippen LogP contribution in [0.3, 0.4) is 0 Å². The zero-order valence-electron chi connectivity index (χ0n) is 10.3. The van der Waals surface area contributed by atoms with Gasteiger partial charge in [0.2, 0.25) is 0 Å². The van der Waals surface area contributed by atoms with Crippen LogP contribution in [-0.2, 0) is 6.18 Å². The van der Waals surface area contributed by atoms with Gasteiger partial charge in [0.05, 0.1) is 10.6 Å². The van der Waals surface area contributed by atoms with Gasteiger partial charge >= 0.3 is 11.9 Å². The van der Waals surface area contributed by atoms with E-state index >= 15 is 0 Å². The van der Waals surface area contributed by atoms with Crippen molar-refractivity contribution in [1.82, 2.24) is 9.55 Å². The highest BCUT2D eigenvalue weighted by molar-refractivity contribution is 6.32. The van der Waals surface area contributed by atoms with Gasteiger partial charge in [-0.1, -0.05) is 11.6 Å². The van der Waals surface area contributed by atoms with Crippen LogP contribution in [0.2, 0.25) is 5.02 Å². The maximum absolute atomic E-state index is 12.5. The second kappa shape index (κ2) is 5.30. The van der Waals surface area contributed by atoms with E-state index in [1.165, 1.54) is 4.98 Å². The van der Waals surface area contributed by atoms with E-state index in [1.807, 2.05) is 0 Å². The third kappa shape index (κ3) is 2.86. The fourth-order valence-electron chi connectivity index (χ4n) is 1.67. The molecule has 0 radical (unpaired) electrons. The number of hydrogen-bond acceptors (Lipinski definition) is 4. The Balaban J connectivity index is 2.70. The molecular formula is C11H5ClF3N3O4. The molecule has 0 unspecified atom stereocenters. The molecule has 1 aromatic carbocycles. The molecule has 116 valence electrons. The van der Waals surface area contributed by atoms with Crippen LogP contribution in [0.4, 0.5) is 18.9 Å². The van der Waals surface area contributed by atoms with Gasteiger partial charge in [-0.25, -0.2) is 9.36 Å². The summed E-state index contributed by atoms with van der Waals surface area (Å²) in [4.78, 5) is 34.8. The Bertz CT molecular complexity index is 841. The van der Waals surface area contributed by atoms with Gasteiger partial charge < -0.3 is 4.98 Å². The number of benzene rings is 1. The molecule has 1 N–H and O–H groups in total. The molecule has 11 heteroatoms. The maximum Gasteiger partial charge on any atom is 0.431 e. The van der Waals surface area contributed by atoms with Gasteiger partial charge in [0.25, 0.3) is 11.2 Å². The number of halogens is 4. The molecule has 2 aromatic rings. The lowest BCUT2D eigenvalue weighted by molar-refractivity contribution is -0.384. The third-order valence-corrected chi connectivity index (χ3v) is 2.94. The predicted molar refractivity (Wildman–Crippen MR) is 69.3 cm³/mol. The van der Waals surface area contributed by atoms with Gasteiger partial charge in [-0.3, -0.25) is 14.9 Å². The molecule has 0 aliphatic carbocycles. The number of aromatic amines is 1. The van der Waals surface area contributed by atoms with Crippen molar-refractivity contribution in [2.45, 2.75) is 6.18 Å². The van der Waals surface area contributed by atoms with Crippen LogP contribution < -0.4 is 11.2 Å². The van der Waals surface area contributed by atoms with Crippen LogP contribution in [-0.4, -0.2) is 14.5 Å². The van der Waals surface area contributed by atoms with Crippen LogP contribution in [0, 0.1) is 10.1 Å². The summed E-state index contributed by atoms with van der Waals surface area (Å²) < 4.78 is 37.8. The van der Waals surface area contributed by atoms with E-state index in [2.05, 4.69) is 0 Å². The van der Waals surface area contributed by atoms with Crippen LogP contribution in [0.15, 0.2) is 33.9 Å². The van der Waals surface area contributed by atoms with Crippen molar-refractivity contribution in [1.29, 1.82) is 0 Å². The monoisotopic (exact) mass is 335 g/mol. The van der Waals surface area contributed by atoms with Crippen molar-refractivity contribution in [3.05, 3.63) is 65.9 Å². The Morgan fingerprint density at radius 3 is 2.36 bits per heavy atom. The second-order valence-electron chi connectivity index (χ2n) is 4.05. The van der Waals surface area contributed by atoms with Crippen LogP contribution >= 0.6 is 11.6 Å². The van der Waals surface area contributed by atoms with Gasteiger partial charge in [-0.2, -0.15) is 13.2 Å². The molecule has 0 bridgehead atoms. The van der Waals surface area contributed by atoms with Gasteiger partial charge in [0, 0.05) is 12.1 Å². The molecule has 1 aromatic heterocycles. The number of nitrogens with zero attached hydrogens (tertiary/aromatic N) is 2. The molecule has 1 heterocycles. The highest BCUT2D eigenvalue weighted by Crippen LogP contribution is 2.27. The van der Waals surface area contributed by atoms with Crippen LogP contribution in [0.25, 0.3) is 5.69 Å². The standard InChI is InChI=1S/C11H5ClF3N3O4/c12-6-2-1-5(3-7(6)18(21)22)17-9(19)4-8(11(13,14)15)16-10(17)20/h1-4H,(H,16,20). The molecule has 0 saturated heterocycles. The summed E-state index contributed by atoms with van der Waals surface area (Å²) in [5, 5.41) is 10.5. The highest BCUT2D eigenvalue weighted by atomic mass is 35.5. The third-order valence-electron chi connectivity index (χ3n) is 2.62. The topological polar surface area (TPSA) is 98.0 Å². The molecule has 22 heavy (non-hydrogen) atoms. The minimum absolute atomic E-state index is 0.182. The first-order valence-corrected chi connectivity index (χ1v) is 5.87. The number of nitro benzene ring substituents is 1. The van der Waals surface area contributed by atoms with E-state index in [-0.39, 0.29) is 16.8 Å². The lowest BCUT2D eigenvalue weighted by Gasteiger charge is -2.09. The quantitative estimate of drug-likeness (QED) is 0.671. The zero-order valence-corrected chi connectivity index (χ0v) is 11.1. The number of alkyl halides is 3. The molecule has 0 spiro atoms. The number of aromatic nitrogens is 2. The molecule has 0 aliphatic heterocycles. The Morgan fingerprint density at radius 2 is 1.86 bits per heavy atom. The first kappa shape index (κ1) is 15.8. The SMILES string of the molecule is O=c1cc(C(F)(F)F)[nH]c(=O)n1-c1ccc(Cl)c([N+](=O)[O-])c1. The summed E-state index contributed by atoms with van der Waals surface area (Å²) in [5.74, 6) is 0. The summed E-state index contributed by atoms with van der Waals surface area (Å²) in [6.07, 6.45) is -4.90. The Morgan fingerprint density at radius 1 is 1.23 bits per heavy atom. The summed E-state index contributed by atoms with van der Waals surface area (Å²) in [6.45, 7) is 0. The number of nitro groups is 1. The minimum Gasteiger partial charge on any atom is -0.303 e. The number of nitrogens with one attached hydrogen (secondary N) is 1. The second-order valence-corrected chi connectivity index (χ2v) is 4.46. The lowest BCUT2D eigenvalue weighted by atomic mass is 10.2. The van der Waals surface area contributed by atoms with E-state index in [0.29, 0.717) is 4.57 Å². The van der Waals surface area contributed by atoms with Gasteiger partial charge in [-0.15, -0.1) is 0 Å². The van der Waals surface area contributed by atoms with Crippen molar-refractivity contribution < 1.29 is 18.1 Å². The first-order valence-electron chi connectivity index (χ1n) is 5.49. The molecule has 0 atom stereocenters. The molecule has 7 nitrogen and oxygen atoms in total. The van der Waals surface area contributed by atoms with Crippen molar-refractivity contribution in [2.75, 3.05) is 0 Å². The molecule has 2 rings (SSSR count). The van der Waals surface area contributed by atoms with Crippen molar-refractivity contribution in [3.63, 3.8) is 0 Å². The normalized spacial score (nSPS) is 11.5. The van der Waals surface area contributed by atoms with E-state index in [0.717, 1.165) is 18.2 Å². The maximum atomic E-state index is 12.5. The average Bonchev–Trinajstić information content (AvgIpc) is 2.38. The Hall–Kier alpha value is -2.62. The van der Waals surface area contributed by atoms with E-state index in [1.54, 1.807) is 0 Å². The lowest BCUT2D eigenvalue weighted by Crippen LogP contribution is -2.35. The molecule has 0 fully saturated rings. The molecule has 0 saturated carbocycles. The predicted octanol–water partition coefficient (Wildman–Crippen LogP) is 2.11. The van der Waals surface area contributed by atoms with Gasteiger partial charge in [-0.05, 0) is 12.1 Å². The van der Waals surface area contributed by atoms with Crippen LogP contribution in [0.1, 0.15) is 5.69 Å². The Kier molecular flexibility index (Phi) is 3.79. The van der Waals surface area contributed by atoms with Crippen molar-refractivity contribution in [3.8, 4) is 5.69 Å². The molecular weight excluding hydrogens is 331 g/mol. The number of hydrogen-bond donors (Lipinski definition) is 1. The van der Waals surface area contributed by atoms with Crippen molar-refractivity contribution >= 4 is 17.3 Å². The highest BCUT2D eigenvalue weighted by Gasteiger charge is 2.33. The van der Waals surface area contributed by atoms with Crippen LogP contribution in [0.5, 0.6) is 0 Å². The number of rotatable bonds is 2. The van der Waals surface area contributed by atoms with Gasteiger partial charge in [0.15, 0.2) is 0 Å². The fourth-order valence-corrected chi connectivity index (χ4v) is 1.86. The van der Waals surface area contributed by atoms with Gasteiger partial charge in [0.1, 0.15) is 10.7 Å². The first-order chi connectivity index (χ1) is 10.1. The zero-order chi connectivity index (χ0) is 16.7.